The van der Waals surface area contributed by atoms with Gasteiger partial charge in [-0.2, -0.15) is 0 Å². The number of anilines is 1. The first-order valence-electron chi connectivity index (χ1n) is 7.83. The van der Waals surface area contributed by atoms with Crippen LogP contribution in [0.1, 0.15) is 21.5 Å². The number of rotatable bonds is 4. The van der Waals surface area contributed by atoms with Crippen LogP contribution in [0.25, 0.3) is 0 Å². The third-order valence-electron chi connectivity index (χ3n) is 4.30. The van der Waals surface area contributed by atoms with Crippen molar-refractivity contribution in [2.45, 2.75) is 13.5 Å². The molecule has 1 N–H and O–H groups in total. The van der Waals surface area contributed by atoms with Gasteiger partial charge in [0.05, 0.1) is 17.4 Å². The Hall–Kier alpha value is -2.40. The zero-order chi connectivity index (χ0) is 16.2. The predicted molar refractivity (Wildman–Crippen MR) is 89.9 cm³/mol. The molecule has 0 radical (unpaired) electrons. The van der Waals surface area contributed by atoms with Gasteiger partial charge in [0.25, 0.3) is 0 Å². The highest BCUT2D eigenvalue weighted by atomic mass is 16.4. The van der Waals surface area contributed by atoms with Gasteiger partial charge in [0.15, 0.2) is 0 Å². The monoisotopic (exact) mass is 311 g/mol. The summed E-state index contributed by atoms with van der Waals surface area (Å²) in [6, 6.07) is 9.24. The molecule has 2 aromatic rings. The second-order valence-electron chi connectivity index (χ2n) is 5.93. The molecule has 0 aliphatic carbocycles. The summed E-state index contributed by atoms with van der Waals surface area (Å²) in [6.45, 7) is 6.76. The molecule has 1 aromatic carbocycles. The zero-order valence-corrected chi connectivity index (χ0v) is 13.3. The van der Waals surface area contributed by atoms with E-state index in [0.29, 0.717) is 5.56 Å². The van der Waals surface area contributed by atoms with Crippen molar-refractivity contribution in [1.82, 2.24) is 9.88 Å². The summed E-state index contributed by atoms with van der Waals surface area (Å²) < 4.78 is 0. The van der Waals surface area contributed by atoms with Gasteiger partial charge < -0.3 is 10.0 Å². The summed E-state index contributed by atoms with van der Waals surface area (Å²) >= 11 is 0. The average molecular weight is 311 g/mol. The lowest BCUT2D eigenvalue weighted by Gasteiger charge is -2.36. The molecule has 0 unspecified atom stereocenters. The number of hydrogen-bond donors (Lipinski definition) is 1. The number of aromatic nitrogens is 1. The SMILES string of the molecule is Cc1ccncc1N1CCN(Cc2cccc(C(=O)O)c2)CC1. The maximum Gasteiger partial charge on any atom is 0.335 e. The van der Waals surface area contributed by atoms with E-state index in [4.69, 9.17) is 5.11 Å². The van der Waals surface area contributed by atoms with Crippen LogP contribution >= 0.6 is 0 Å². The van der Waals surface area contributed by atoms with Crippen molar-refractivity contribution in [3.8, 4) is 0 Å². The fourth-order valence-electron chi connectivity index (χ4n) is 2.99. The molecule has 1 fully saturated rings. The first kappa shape index (κ1) is 15.5. The minimum atomic E-state index is -0.872. The predicted octanol–water partition coefficient (Wildman–Crippen LogP) is 2.41. The minimum Gasteiger partial charge on any atom is -0.478 e. The molecule has 0 spiro atoms. The summed E-state index contributed by atoms with van der Waals surface area (Å²) in [5.74, 6) is -0.872. The minimum absolute atomic E-state index is 0.354. The van der Waals surface area contributed by atoms with E-state index < -0.39 is 5.97 Å². The molecule has 0 amide bonds. The lowest BCUT2D eigenvalue weighted by Crippen LogP contribution is -2.46. The van der Waals surface area contributed by atoms with Crippen molar-refractivity contribution in [3.63, 3.8) is 0 Å². The van der Waals surface area contributed by atoms with Crippen LogP contribution in [0.2, 0.25) is 0 Å². The van der Waals surface area contributed by atoms with Gasteiger partial charge in [0.1, 0.15) is 0 Å². The summed E-state index contributed by atoms with van der Waals surface area (Å²) in [6.07, 6.45) is 3.76. The largest absolute Gasteiger partial charge is 0.478 e. The fraction of sp³-hybridized carbons (Fsp3) is 0.333. The molecule has 1 aromatic heterocycles. The van der Waals surface area contributed by atoms with Crippen LogP contribution in [0.5, 0.6) is 0 Å². The second kappa shape index (κ2) is 6.79. The van der Waals surface area contributed by atoms with Gasteiger partial charge in [-0.15, -0.1) is 0 Å². The molecule has 1 aliphatic rings. The van der Waals surface area contributed by atoms with E-state index in [9.17, 15) is 4.79 Å². The summed E-state index contributed by atoms with van der Waals surface area (Å²) in [5, 5.41) is 9.08. The highest BCUT2D eigenvalue weighted by Crippen LogP contribution is 2.20. The van der Waals surface area contributed by atoms with Crippen molar-refractivity contribution in [2.24, 2.45) is 0 Å². The van der Waals surface area contributed by atoms with E-state index in [-0.39, 0.29) is 0 Å². The molecule has 3 rings (SSSR count). The van der Waals surface area contributed by atoms with Crippen LogP contribution in [-0.4, -0.2) is 47.1 Å². The standard InChI is InChI=1S/C18H21N3O2/c1-14-5-6-19-12-17(14)21-9-7-20(8-10-21)13-15-3-2-4-16(11-15)18(22)23/h2-6,11-12H,7-10,13H2,1H3,(H,22,23). The number of nitrogens with zero attached hydrogens (tertiary/aromatic N) is 3. The second-order valence-corrected chi connectivity index (χ2v) is 5.93. The molecular weight excluding hydrogens is 290 g/mol. The third-order valence-corrected chi connectivity index (χ3v) is 4.30. The van der Waals surface area contributed by atoms with Crippen molar-refractivity contribution < 1.29 is 9.90 Å². The van der Waals surface area contributed by atoms with Gasteiger partial charge in [-0.1, -0.05) is 12.1 Å². The van der Waals surface area contributed by atoms with Crippen molar-refractivity contribution in [2.75, 3.05) is 31.1 Å². The number of carbonyl (C=O) groups is 1. The van der Waals surface area contributed by atoms with E-state index in [1.165, 1.54) is 11.3 Å². The van der Waals surface area contributed by atoms with Crippen LogP contribution < -0.4 is 4.90 Å². The summed E-state index contributed by atoms with van der Waals surface area (Å²) in [5.41, 5.74) is 3.87. The number of benzene rings is 1. The maximum absolute atomic E-state index is 11.1. The number of carboxylic acid groups (broad SMARTS) is 1. The lowest BCUT2D eigenvalue weighted by atomic mass is 10.1. The fourth-order valence-corrected chi connectivity index (χ4v) is 2.99. The number of pyridine rings is 1. The van der Waals surface area contributed by atoms with Crippen molar-refractivity contribution in [3.05, 3.63) is 59.4 Å². The van der Waals surface area contributed by atoms with E-state index in [1.807, 2.05) is 30.6 Å². The van der Waals surface area contributed by atoms with Gasteiger partial charge in [-0.25, -0.2) is 4.79 Å². The van der Waals surface area contributed by atoms with E-state index in [0.717, 1.165) is 38.3 Å². The van der Waals surface area contributed by atoms with Crippen LogP contribution in [0, 0.1) is 6.92 Å². The Labute approximate surface area is 136 Å². The Balaban J connectivity index is 1.60. The Kier molecular flexibility index (Phi) is 4.57. The van der Waals surface area contributed by atoms with Gasteiger partial charge >= 0.3 is 5.97 Å². The molecule has 2 heterocycles. The highest BCUT2D eigenvalue weighted by molar-refractivity contribution is 5.87. The smallest absolute Gasteiger partial charge is 0.335 e. The number of piperazine rings is 1. The number of aryl methyl sites for hydroxylation is 1. The molecule has 0 bridgehead atoms. The van der Waals surface area contributed by atoms with Gasteiger partial charge in [0.2, 0.25) is 0 Å². The van der Waals surface area contributed by atoms with Crippen molar-refractivity contribution in [1.29, 1.82) is 0 Å². The molecule has 1 saturated heterocycles. The normalized spacial score (nSPS) is 15.6. The molecule has 5 heteroatoms. The molecular formula is C18H21N3O2. The van der Waals surface area contributed by atoms with E-state index in [1.54, 1.807) is 12.1 Å². The summed E-state index contributed by atoms with van der Waals surface area (Å²) in [7, 11) is 0. The van der Waals surface area contributed by atoms with Crippen LogP contribution in [-0.2, 0) is 6.54 Å². The van der Waals surface area contributed by atoms with E-state index in [2.05, 4.69) is 21.7 Å². The highest BCUT2D eigenvalue weighted by Gasteiger charge is 2.18. The Bertz CT molecular complexity index is 694. The first-order chi connectivity index (χ1) is 11.1. The van der Waals surface area contributed by atoms with Crippen LogP contribution in [0.4, 0.5) is 5.69 Å². The van der Waals surface area contributed by atoms with Gasteiger partial charge in [-0.3, -0.25) is 9.88 Å². The Morgan fingerprint density at radius 1 is 1.22 bits per heavy atom. The first-order valence-corrected chi connectivity index (χ1v) is 7.83. The number of aromatic carboxylic acids is 1. The molecule has 0 saturated carbocycles. The summed E-state index contributed by atoms with van der Waals surface area (Å²) in [4.78, 5) is 20.0. The Morgan fingerprint density at radius 3 is 2.70 bits per heavy atom. The van der Waals surface area contributed by atoms with Crippen LogP contribution in [0.15, 0.2) is 42.7 Å². The molecule has 5 nitrogen and oxygen atoms in total. The van der Waals surface area contributed by atoms with Crippen molar-refractivity contribution >= 4 is 11.7 Å². The zero-order valence-electron chi connectivity index (χ0n) is 13.3. The molecule has 23 heavy (non-hydrogen) atoms. The quantitative estimate of drug-likeness (QED) is 0.939. The van der Waals surface area contributed by atoms with Gasteiger partial charge in [-0.05, 0) is 36.2 Å². The van der Waals surface area contributed by atoms with Gasteiger partial charge in [0, 0.05) is 38.9 Å². The molecule has 0 atom stereocenters. The number of carboxylic acids is 1. The van der Waals surface area contributed by atoms with E-state index >= 15 is 0 Å². The number of hydrogen-bond acceptors (Lipinski definition) is 4. The van der Waals surface area contributed by atoms with Crippen LogP contribution in [0.3, 0.4) is 0 Å². The Morgan fingerprint density at radius 2 is 2.00 bits per heavy atom. The topological polar surface area (TPSA) is 56.7 Å². The third kappa shape index (κ3) is 3.68. The maximum atomic E-state index is 11.1. The average Bonchev–Trinajstić information content (AvgIpc) is 2.56. The molecule has 120 valence electrons. The molecule has 1 aliphatic heterocycles. The lowest BCUT2D eigenvalue weighted by molar-refractivity contribution is 0.0696.